The number of benzene rings is 2. The number of imide groups is 1. The van der Waals surface area contributed by atoms with Crippen molar-refractivity contribution in [2.45, 2.75) is 6.42 Å². The van der Waals surface area contributed by atoms with Crippen LogP contribution >= 0.6 is 12.4 Å². The molecule has 0 spiro atoms. The Hall–Kier alpha value is -1.91. The number of amides is 2. The van der Waals surface area contributed by atoms with Crippen LogP contribution in [-0.2, 0) is 6.42 Å². The van der Waals surface area contributed by atoms with Gasteiger partial charge in [-0.3, -0.25) is 14.9 Å². The zero-order chi connectivity index (χ0) is 12.7. The van der Waals surface area contributed by atoms with Gasteiger partial charge in [0.2, 0.25) is 0 Å². The first kappa shape index (κ1) is 13.5. The van der Waals surface area contributed by atoms with E-state index in [0.29, 0.717) is 24.1 Å². The molecule has 1 heterocycles. The van der Waals surface area contributed by atoms with Gasteiger partial charge in [-0.05, 0) is 30.0 Å². The maximum atomic E-state index is 12.0. The molecule has 3 rings (SSSR count). The van der Waals surface area contributed by atoms with Crippen LogP contribution in [0.2, 0.25) is 0 Å². The van der Waals surface area contributed by atoms with E-state index in [1.54, 1.807) is 6.07 Å². The van der Waals surface area contributed by atoms with Crippen molar-refractivity contribution in [3.05, 3.63) is 47.0 Å². The van der Waals surface area contributed by atoms with Crippen molar-refractivity contribution in [3.63, 3.8) is 0 Å². The van der Waals surface area contributed by atoms with E-state index in [1.165, 1.54) is 0 Å². The third kappa shape index (κ3) is 1.99. The molecule has 0 unspecified atom stereocenters. The Labute approximate surface area is 116 Å². The fourth-order valence-corrected chi connectivity index (χ4v) is 2.47. The molecule has 0 aliphatic carbocycles. The van der Waals surface area contributed by atoms with Gasteiger partial charge in [-0.2, -0.15) is 0 Å². The highest BCUT2D eigenvalue weighted by Crippen LogP contribution is 2.29. The van der Waals surface area contributed by atoms with Crippen LogP contribution in [0.5, 0.6) is 0 Å². The van der Waals surface area contributed by atoms with Crippen molar-refractivity contribution < 1.29 is 9.59 Å². The minimum Gasteiger partial charge on any atom is -0.330 e. The Balaban J connectivity index is 0.00000133. The zero-order valence-corrected chi connectivity index (χ0v) is 10.9. The number of carbonyl (C=O) groups excluding carboxylic acids is 2. The first-order chi connectivity index (χ1) is 8.72. The average Bonchev–Trinajstić information content (AvgIpc) is 2.36. The van der Waals surface area contributed by atoms with Crippen LogP contribution in [0.3, 0.4) is 0 Å². The van der Waals surface area contributed by atoms with Crippen molar-refractivity contribution in [1.82, 2.24) is 5.32 Å². The van der Waals surface area contributed by atoms with Gasteiger partial charge in [-0.1, -0.05) is 24.3 Å². The van der Waals surface area contributed by atoms with Gasteiger partial charge < -0.3 is 5.73 Å². The smallest absolute Gasteiger partial charge is 0.259 e. The van der Waals surface area contributed by atoms with Crippen molar-refractivity contribution in [2.75, 3.05) is 6.54 Å². The normalized spacial score (nSPS) is 13.1. The summed E-state index contributed by atoms with van der Waals surface area (Å²) in [5.41, 5.74) is 7.60. The average molecular weight is 277 g/mol. The van der Waals surface area contributed by atoms with Gasteiger partial charge in [0.15, 0.2) is 0 Å². The molecule has 0 bridgehead atoms. The molecule has 0 saturated heterocycles. The Kier molecular flexibility index (Phi) is 3.55. The lowest BCUT2D eigenvalue weighted by atomic mass is 9.90. The molecule has 0 aromatic heterocycles. The summed E-state index contributed by atoms with van der Waals surface area (Å²) in [6.07, 6.45) is 0.626. The number of halogens is 1. The number of hydrogen-bond acceptors (Lipinski definition) is 3. The molecule has 19 heavy (non-hydrogen) atoms. The van der Waals surface area contributed by atoms with Gasteiger partial charge in [0.25, 0.3) is 11.8 Å². The van der Waals surface area contributed by atoms with Crippen LogP contribution in [0.25, 0.3) is 10.8 Å². The van der Waals surface area contributed by atoms with Crippen molar-refractivity contribution in [3.8, 4) is 0 Å². The number of hydrogen-bond donors (Lipinski definition) is 2. The number of nitrogens with one attached hydrogen (secondary N) is 1. The van der Waals surface area contributed by atoms with Gasteiger partial charge >= 0.3 is 0 Å². The molecule has 1 aliphatic heterocycles. The standard InChI is InChI=1S/C14H12N2O2.ClH/c15-7-6-9-5-4-8-2-1-3-10-11(8)12(9)14(18)16-13(10)17;/h1-5H,6-7,15H2,(H,16,17,18);1H. The first-order valence-corrected chi connectivity index (χ1v) is 5.82. The Bertz CT molecular complexity index is 682. The third-order valence-corrected chi connectivity index (χ3v) is 3.24. The fraction of sp³-hybridized carbons (Fsp3) is 0.143. The third-order valence-electron chi connectivity index (χ3n) is 3.24. The zero-order valence-electron chi connectivity index (χ0n) is 10.1. The highest BCUT2D eigenvalue weighted by Gasteiger charge is 2.26. The summed E-state index contributed by atoms with van der Waals surface area (Å²) >= 11 is 0. The molecule has 98 valence electrons. The molecule has 2 aromatic carbocycles. The molecule has 1 aliphatic rings. The van der Waals surface area contributed by atoms with Crippen molar-refractivity contribution in [1.29, 1.82) is 0 Å². The van der Waals surface area contributed by atoms with E-state index < -0.39 is 0 Å². The molecule has 2 amide bonds. The van der Waals surface area contributed by atoms with Crippen LogP contribution < -0.4 is 11.1 Å². The van der Waals surface area contributed by atoms with Gasteiger partial charge in [-0.15, -0.1) is 12.4 Å². The molecule has 0 radical (unpaired) electrons. The Morgan fingerprint density at radius 2 is 1.84 bits per heavy atom. The lowest BCUT2D eigenvalue weighted by Gasteiger charge is -2.19. The molecule has 0 fully saturated rings. The maximum absolute atomic E-state index is 12.0. The topological polar surface area (TPSA) is 72.2 Å². The molecular weight excluding hydrogens is 264 g/mol. The lowest BCUT2D eigenvalue weighted by Crippen LogP contribution is -2.35. The largest absolute Gasteiger partial charge is 0.330 e. The molecule has 2 aromatic rings. The highest BCUT2D eigenvalue weighted by atomic mass is 35.5. The van der Waals surface area contributed by atoms with Crippen molar-refractivity contribution >= 4 is 35.0 Å². The maximum Gasteiger partial charge on any atom is 0.259 e. The predicted molar refractivity (Wildman–Crippen MR) is 75.8 cm³/mol. The van der Waals surface area contributed by atoms with Gasteiger partial charge in [-0.25, -0.2) is 0 Å². The monoisotopic (exact) mass is 276 g/mol. The summed E-state index contributed by atoms with van der Waals surface area (Å²) in [4.78, 5) is 23.8. The van der Waals surface area contributed by atoms with Crippen LogP contribution in [0.1, 0.15) is 26.3 Å². The van der Waals surface area contributed by atoms with E-state index in [9.17, 15) is 9.59 Å². The summed E-state index contributed by atoms with van der Waals surface area (Å²) in [5, 5.41) is 4.03. The molecule has 0 atom stereocenters. The molecule has 0 saturated carbocycles. The lowest BCUT2D eigenvalue weighted by molar-refractivity contribution is 0.0844. The SMILES string of the molecule is Cl.NCCc1ccc2cccc3c2c1C(=O)NC3=O. The Morgan fingerprint density at radius 1 is 1.05 bits per heavy atom. The predicted octanol–water partition coefficient (Wildman–Crippen LogP) is 1.65. The summed E-state index contributed by atoms with van der Waals surface area (Å²) < 4.78 is 0. The summed E-state index contributed by atoms with van der Waals surface area (Å²) in [5.74, 6) is -0.657. The van der Waals surface area contributed by atoms with Crippen LogP contribution in [-0.4, -0.2) is 18.4 Å². The number of rotatable bonds is 2. The fourth-order valence-electron chi connectivity index (χ4n) is 2.47. The van der Waals surface area contributed by atoms with E-state index in [-0.39, 0.29) is 24.2 Å². The number of nitrogens with two attached hydrogens (primary N) is 1. The van der Waals surface area contributed by atoms with E-state index in [1.807, 2.05) is 24.3 Å². The van der Waals surface area contributed by atoms with Gasteiger partial charge in [0.05, 0.1) is 5.56 Å². The van der Waals surface area contributed by atoms with Gasteiger partial charge in [0, 0.05) is 10.9 Å². The van der Waals surface area contributed by atoms with Crippen LogP contribution in [0.4, 0.5) is 0 Å². The van der Waals surface area contributed by atoms with E-state index in [2.05, 4.69) is 5.32 Å². The minimum absolute atomic E-state index is 0. The highest BCUT2D eigenvalue weighted by molar-refractivity contribution is 6.26. The second-order valence-corrected chi connectivity index (χ2v) is 4.33. The van der Waals surface area contributed by atoms with Crippen LogP contribution in [0.15, 0.2) is 30.3 Å². The minimum atomic E-state index is -0.331. The van der Waals surface area contributed by atoms with Gasteiger partial charge in [0.1, 0.15) is 0 Å². The summed E-state index contributed by atoms with van der Waals surface area (Å²) in [6, 6.07) is 9.29. The second kappa shape index (κ2) is 4.99. The van der Waals surface area contributed by atoms with Crippen LogP contribution in [0, 0.1) is 0 Å². The quantitative estimate of drug-likeness (QED) is 0.819. The van der Waals surface area contributed by atoms with E-state index in [0.717, 1.165) is 16.3 Å². The Morgan fingerprint density at radius 3 is 2.58 bits per heavy atom. The molecule has 4 nitrogen and oxygen atoms in total. The van der Waals surface area contributed by atoms with Crippen molar-refractivity contribution in [2.24, 2.45) is 5.73 Å². The summed E-state index contributed by atoms with van der Waals surface area (Å²) in [6.45, 7) is 0.474. The number of carbonyl (C=O) groups is 2. The summed E-state index contributed by atoms with van der Waals surface area (Å²) in [7, 11) is 0. The second-order valence-electron chi connectivity index (χ2n) is 4.33. The van der Waals surface area contributed by atoms with E-state index in [4.69, 9.17) is 5.73 Å². The van der Waals surface area contributed by atoms with E-state index >= 15 is 0 Å². The first-order valence-electron chi connectivity index (χ1n) is 5.82. The molecule has 5 heteroatoms. The molecular formula is C14H13ClN2O2. The molecule has 3 N–H and O–H groups in total.